The van der Waals surface area contributed by atoms with E-state index in [-0.39, 0.29) is 36.4 Å². The zero-order chi connectivity index (χ0) is 22.4. The lowest BCUT2D eigenvalue weighted by molar-refractivity contribution is -0.00521. The predicted molar refractivity (Wildman–Crippen MR) is 120 cm³/mol. The molecule has 1 aromatic carbocycles. The molecule has 2 aromatic rings. The molecule has 31 heavy (non-hydrogen) atoms. The van der Waals surface area contributed by atoms with Crippen molar-refractivity contribution in [3.63, 3.8) is 0 Å². The summed E-state index contributed by atoms with van der Waals surface area (Å²) in [5, 5.41) is 12.2. The van der Waals surface area contributed by atoms with E-state index in [1.807, 2.05) is 24.3 Å². The number of ether oxygens (including phenoxy) is 2. The van der Waals surface area contributed by atoms with Crippen molar-refractivity contribution in [3.05, 3.63) is 60.8 Å². The first-order valence-corrected chi connectivity index (χ1v) is 10.3. The maximum atomic E-state index is 14.0. The second kappa shape index (κ2) is 10.3. The van der Waals surface area contributed by atoms with E-state index in [1.54, 1.807) is 0 Å². The van der Waals surface area contributed by atoms with Gasteiger partial charge in [-0.25, -0.2) is 4.98 Å². The summed E-state index contributed by atoms with van der Waals surface area (Å²) in [6.07, 6.45) is 2.32. The molecule has 0 unspecified atom stereocenters. The van der Waals surface area contributed by atoms with Gasteiger partial charge in [-0.05, 0) is 50.1 Å². The number of aliphatic hydroxyl groups excluding tert-OH is 1. The van der Waals surface area contributed by atoms with Crippen LogP contribution in [0.4, 0.5) is 21.7 Å². The Morgan fingerprint density at radius 1 is 1.23 bits per heavy atom. The molecular weight excluding hydrogens is 399 g/mol. The van der Waals surface area contributed by atoms with Crippen LogP contribution >= 0.6 is 0 Å². The lowest BCUT2D eigenvalue weighted by Crippen LogP contribution is -2.45. The Morgan fingerprint density at radius 2 is 1.90 bits per heavy atom. The lowest BCUT2D eigenvalue weighted by atomic mass is 10.1. The Bertz CT molecular complexity index is 910. The summed E-state index contributed by atoms with van der Waals surface area (Å²) in [7, 11) is 0. The van der Waals surface area contributed by atoms with Crippen molar-refractivity contribution in [1.82, 2.24) is 9.97 Å². The summed E-state index contributed by atoms with van der Waals surface area (Å²) in [6, 6.07) is 7.90. The molecule has 0 aliphatic carbocycles. The monoisotopic (exact) mass is 428 g/mol. The Hall–Kier alpha value is -3.13. The van der Waals surface area contributed by atoms with Gasteiger partial charge in [0.2, 0.25) is 11.8 Å². The third-order valence-electron chi connectivity index (χ3n) is 4.80. The van der Waals surface area contributed by atoms with Gasteiger partial charge in [0.1, 0.15) is 6.61 Å². The van der Waals surface area contributed by atoms with Crippen molar-refractivity contribution in [2.45, 2.75) is 38.9 Å². The van der Waals surface area contributed by atoms with Crippen molar-refractivity contribution in [3.8, 4) is 5.88 Å². The van der Waals surface area contributed by atoms with Crippen LogP contribution in [0.5, 0.6) is 5.88 Å². The number of benzene rings is 1. The van der Waals surface area contributed by atoms with E-state index < -0.39 is 5.82 Å². The zero-order valence-corrected chi connectivity index (χ0v) is 18.0. The number of hydrogen-bond donors (Lipinski definition) is 2. The average molecular weight is 429 g/mol. The van der Waals surface area contributed by atoms with E-state index in [2.05, 4.69) is 47.2 Å². The number of anilines is 3. The average Bonchev–Trinajstić information content (AvgIpc) is 2.72. The van der Waals surface area contributed by atoms with Crippen LogP contribution in [0.25, 0.3) is 0 Å². The van der Waals surface area contributed by atoms with Crippen molar-refractivity contribution in [2.24, 2.45) is 0 Å². The second-order valence-electron chi connectivity index (χ2n) is 7.79. The first kappa shape index (κ1) is 22.6. The van der Waals surface area contributed by atoms with Gasteiger partial charge in [-0.2, -0.15) is 9.37 Å². The highest BCUT2D eigenvalue weighted by atomic mass is 19.1. The number of hydrogen-bond acceptors (Lipinski definition) is 7. The van der Waals surface area contributed by atoms with Crippen LogP contribution in [-0.2, 0) is 4.74 Å². The summed E-state index contributed by atoms with van der Waals surface area (Å²) in [5.41, 5.74) is 2.59. The number of nitrogens with one attached hydrogen (secondary N) is 1. The lowest BCUT2D eigenvalue weighted by Gasteiger charge is -2.36. The highest BCUT2D eigenvalue weighted by Crippen LogP contribution is 2.24. The molecule has 0 radical (unpaired) electrons. The SMILES string of the molecule is C=C(O)CCC(=C)COc1nc(Nc2ccc(N3C[C@@H](C)O[C@@H](C)C3)cc2)ncc1F. The van der Waals surface area contributed by atoms with Crippen LogP contribution in [-0.4, -0.2) is 47.0 Å². The molecule has 166 valence electrons. The Labute approximate surface area is 182 Å². The van der Waals surface area contributed by atoms with Crippen molar-refractivity contribution in [1.29, 1.82) is 0 Å². The van der Waals surface area contributed by atoms with Crippen LogP contribution in [0.15, 0.2) is 55.0 Å². The van der Waals surface area contributed by atoms with E-state index in [4.69, 9.17) is 14.6 Å². The van der Waals surface area contributed by atoms with Gasteiger partial charge in [0, 0.05) is 30.9 Å². The number of nitrogens with zero attached hydrogens (tertiary/aromatic N) is 3. The Kier molecular flexibility index (Phi) is 7.46. The minimum atomic E-state index is -0.657. The molecule has 0 amide bonds. The number of allylic oxidation sites excluding steroid dienone is 1. The Morgan fingerprint density at radius 3 is 2.55 bits per heavy atom. The molecule has 0 saturated carbocycles. The van der Waals surface area contributed by atoms with Crippen LogP contribution in [0.3, 0.4) is 0 Å². The third-order valence-corrected chi connectivity index (χ3v) is 4.80. The molecule has 2 heterocycles. The van der Waals surface area contributed by atoms with E-state index in [9.17, 15) is 4.39 Å². The molecule has 1 aliphatic rings. The van der Waals surface area contributed by atoms with Gasteiger partial charge in [-0.1, -0.05) is 13.2 Å². The summed E-state index contributed by atoms with van der Waals surface area (Å²) in [6.45, 7) is 13.2. The number of aliphatic hydroxyl groups is 1. The van der Waals surface area contributed by atoms with Gasteiger partial charge in [0.15, 0.2) is 0 Å². The van der Waals surface area contributed by atoms with Crippen LogP contribution in [0.1, 0.15) is 26.7 Å². The predicted octanol–water partition coefficient (Wildman–Crippen LogP) is 4.76. The largest absolute Gasteiger partial charge is 0.513 e. The summed E-state index contributed by atoms with van der Waals surface area (Å²) in [5.74, 6) is -0.512. The fraction of sp³-hybridized carbons (Fsp3) is 0.391. The van der Waals surface area contributed by atoms with Crippen LogP contribution < -0.4 is 15.0 Å². The van der Waals surface area contributed by atoms with Gasteiger partial charge in [-0.3, -0.25) is 0 Å². The van der Waals surface area contributed by atoms with Gasteiger partial charge in [-0.15, -0.1) is 0 Å². The van der Waals surface area contributed by atoms with E-state index in [0.29, 0.717) is 18.4 Å². The van der Waals surface area contributed by atoms with Crippen LogP contribution in [0.2, 0.25) is 0 Å². The minimum absolute atomic E-state index is 0.0736. The number of morpholine rings is 1. The fourth-order valence-corrected chi connectivity index (χ4v) is 3.35. The normalized spacial score (nSPS) is 18.5. The highest BCUT2D eigenvalue weighted by Gasteiger charge is 2.22. The maximum Gasteiger partial charge on any atom is 0.255 e. The van der Waals surface area contributed by atoms with Crippen molar-refractivity contribution >= 4 is 17.3 Å². The molecule has 0 bridgehead atoms. The number of halogens is 1. The molecule has 1 saturated heterocycles. The van der Waals surface area contributed by atoms with Gasteiger partial charge in [0.25, 0.3) is 5.88 Å². The molecule has 3 rings (SSSR count). The van der Waals surface area contributed by atoms with Gasteiger partial charge >= 0.3 is 0 Å². The summed E-state index contributed by atoms with van der Waals surface area (Å²) in [4.78, 5) is 10.4. The first-order chi connectivity index (χ1) is 14.8. The van der Waals surface area contributed by atoms with Gasteiger partial charge < -0.3 is 24.8 Å². The van der Waals surface area contributed by atoms with E-state index >= 15 is 0 Å². The molecule has 1 fully saturated rings. The summed E-state index contributed by atoms with van der Waals surface area (Å²) < 4.78 is 25.2. The molecule has 1 aromatic heterocycles. The highest BCUT2D eigenvalue weighted by molar-refractivity contribution is 5.59. The standard InChI is InChI=1S/C23H29FN4O3/c1-15(5-6-16(2)29)14-30-22-21(24)11-25-23(27-22)26-19-7-9-20(10-8-19)28-12-17(3)31-18(4)13-28/h7-11,17-18,29H,1-2,5-6,12-14H2,3-4H3,(H,25,26,27)/t17-,18+. The Balaban J connectivity index is 1.60. The first-order valence-electron chi connectivity index (χ1n) is 10.3. The van der Waals surface area contributed by atoms with Crippen molar-refractivity contribution < 1.29 is 19.0 Å². The molecule has 1 aliphatic heterocycles. The molecule has 2 atom stereocenters. The topological polar surface area (TPSA) is 79.7 Å². The minimum Gasteiger partial charge on any atom is -0.513 e. The third kappa shape index (κ3) is 6.68. The van der Waals surface area contributed by atoms with Crippen LogP contribution in [0, 0.1) is 5.82 Å². The quantitative estimate of drug-likeness (QED) is 0.440. The van der Waals surface area contributed by atoms with Crippen molar-refractivity contribution in [2.75, 3.05) is 29.9 Å². The molecular formula is C23H29FN4O3. The maximum absolute atomic E-state index is 14.0. The summed E-state index contributed by atoms with van der Waals surface area (Å²) >= 11 is 0. The smallest absolute Gasteiger partial charge is 0.255 e. The molecule has 0 spiro atoms. The van der Waals surface area contributed by atoms with E-state index in [1.165, 1.54) is 0 Å². The zero-order valence-electron chi connectivity index (χ0n) is 18.0. The van der Waals surface area contributed by atoms with Gasteiger partial charge in [0.05, 0.1) is 24.2 Å². The fourth-order valence-electron chi connectivity index (χ4n) is 3.35. The van der Waals surface area contributed by atoms with E-state index in [0.717, 1.165) is 30.7 Å². The molecule has 7 nitrogen and oxygen atoms in total. The number of aromatic nitrogens is 2. The molecule has 2 N–H and O–H groups in total. The second-order valence-corrected chi connectivity index (χ2v) is 7.79. The number of rotatable bonds is 9. The molecule has 8 heteroatoms.